The predicted molar refractivity (Wildman–Crippen MR) is 94.9 cm³/mol. The van der Waals surface area contributed by atoms with Crippen LogP contribution >= 0.6 is 15.9 Å². The zero-order valence-electron chi connectivity index (χ0n) is 13.8. The number of rotatable bonds is 5. The number of halogens is 1. The summed E-state index contributed by atoms with van der Waals surface area (Å²) >= 11 is 3.51. The first-order chi connectivity index (χ1) is 11.5. The van der Waals surface area contributed by atoms with Gasteiger partial charge in [-0.15, -0.1) is 0 Å². The Labute approximate surface area is 149 Å². The molecular weight excluding hydrogens is 370 g/mol. The monoisotopic (exact) mass is 389 g/mol. The summed E-state index contributed by atoms with van der Waals surface area (Å²) < 4.78 is 8.51. The highest BCUT2D eigenvalue weighted by molar-refractivity contribution is 9.10. The molecule has 0 N–H and O–H groups in total. The molecule has 2 aromatic rings. The number of hydrogen-bond acceptors (Lipinski definition) is 3. The number of carbonyl (C=O) groups excluding carboxylic acids is 1. The van der Waals surface area contributed by atoms with Crippen LogP contribution in [0, 0.1) is 5.92 Å². The molecule has 1 aromatic carbocycles. The van der Waals surface area contributed by atoms with Gasteiger partial charge in [0.1, 0.15) is 10.4 Å². The molecule has 4 rings (SSSR count). The molecule has 2 heterocycles. The van der Waals surface area contributed by atoms with Gasteiger partial charge in [0, 0.05) is 12.1 Å². The maximum atomic E-state index is 12.5. The number of benzene rings is 1. The average Bonchev–Trinajstić information content (AvgIpc) is 3.23. The van der Waals surface area contributed by atoms with Crippen molar-refractivity contribution in [3.63, 3.8) is 0 Å². The quantitative estimate of drug-likeness (QED) is 0.778. The van der Waals surface area contributed by atoms with E-state index in [1.165, 1.54) is 0 Å². The van der Waals surface area contributed by atoms with Gasteiger partial charge in [0.15, 0.2) is 0 Å². The molecule has 0 spiro atoms. The standard InChI is InChI=1S/C18H20BrN3O2/c1-11(2)9-21-10-22-15(16(19)20-17(22)18(21)23)12-3-5-13(6-4-12)24-14-7-8-14/h3-6,11,14H,7-10H2,1-2H3. The first kappa shape index (κ1) is 15.7. The molecule has 6 heteroatoms. The van der Waals surface area contributed by atoms with Crippen LogP contribution in [0.5, 0.6) is 5.75 Å². The van der Waals surface area contributed by atoms with E-state index in [0.717, 1.165) is 36.4 Å². The zero-order valence-corrected chi connectivity index (χ0v) is 15.4. The van der Waals surface area contributed by atoms with E-state index in [-0.39, 0.29) is 5.91 Å². The van der Waals surface area contributed by atoms with Gasteiger partial charge in [0.05, 0.1) is 18.5 Å². The second kappa shape index (κ2) is 5.92. The smallest absolute Gasteiger partial charge is 0.291 e. The summed E-state index contributed by atoms with van der Waals surface area (Å²) in [5.74, 6) is 1.85. The molecule has 0 radical (unpaired) electrons. The van der Waals surface area contributed by atoms with Crippen molar-refractivity contribution >= 4 is 21.8 Å². The molecule has 1 aliphatic carbocycles. The lowest BCUT2D eigenvalue weighted by atomic mass is 10.1. The highest BCUT2D eigenvalue weighted by atomic mass is 79.9. The third kappa shape index (κ3) is 2.83. The molecule has 1 amide bonds. The normalized spacial score (nSPS) is 16.8. The van der Waals surface area contributed by atoms with Gasteiger partial charge in [0.2, 0.25) is 5.82 Å². The van der Waals surface area contributed by atoms with Crippen molar-refractivity contribution in [2.75, 3.05) is 6.54 Å². The molecule has 0 atom stereocenters. The highest BCUT2D eigenvalue weighted by Gasteiger charge is 2.33. The van der Waals surface area contributed by atoms with E-state index in [1.807, 2.05) is 33.7 Å². The van der Waals surface area contributed by atoms with Gasteiger partial charge in [-0.25, -0.2) is 4.98 Å². The molecule has 1 aromatic heterocycles. The number of fused-ring (bicyclic) bond motifs is 1. The number of carbonyl (C=O) groups is 1. The van der Waals surface area contributed by atoms with Crippen molar-refractivity contribution < 1.29 is 9.53 Å². The van der Waals surface area contributed by atoms with E-state index in [1.54, 1.807) is 0 Å². The summed E-state index contributed by atoms with van der Waals surface area (Å²) in [4.78, 5) is 18.8. The van der Waals surface area contributed by atoms with Crippen molar-refractivity contribution in [3.05, 3.63) is 34.7 Å². The fourth-order valence-electron chi connectivity index (χ4n) is 3.03. The number of aromatic nitrogens is 2. The van der Waals surface area contributed by atoms with Crippen LogP contribution in [0.15, 0.2) is 28.9 Å². The largest absolute Gasteiger partial charge is 0.490 e. The fourth-order valence-corrected chi connectivity index (χ4v) is 3.64. The Hall–Kier alpha value is -1.82. The zero-order chi connectivity index (χ0) is 16.8. The van der Waals surface area contributed by atoms with Crippen LogP contribution in [0.1, 0.15) is 37.3 Å². The minimum Gasteiger partial charge on any atom is -0.490 e. The number of nitrogens with zero attached hydrogens (tertiary/aromatic N) is 3. The first-order valence-electron chi connectivity index (χ1n) is 8.35. The number of imidazole rings is 1. The lowest BCUT2D eigenvalue weighted by molar-refractivity contribution is 0.0745. The average molecular weight is 390 g/mol. The second-order valence-electron chi connectivity index (χ2n) is 6.91. The maximum Gasteiger partial charge on any atom is 0.291 e. The van der Waals surface area contributed by atoms with Crippen molar-refractivity contribution in [2.45, 2.75) is 39.5 Å². The lowest BCUT2D eigenvalue weighted by Crippen LogP contribution is -2.28. The SMILES string of the molecule is CC(C)CN1Cn2c(nc(Br)c2-c2ccc(OC3CC3)cc2)C1=O. The Morgan fingerprint density at radius 2 is 2.00 bits per heavy atom. The van der Waals surface area contributed by atoms with Gasteiger partial charge in [-0.1, -0.05) is 13.8 Å². The van der Waals surface area contributed by atoms with E-state index >= 15 is 0 Å². The summed E-state index contributed by atoms with van der Waals surface area (Å²) in [6.07, 6.45) is 2.69. The van der Waals surface area contributed by atoms with Crippen molar-refractivity contribution in [3.8, 4) is 17.0 Å². The number of ether oxygens (including phenoxy) is 1. The first-order valence-corrected chi connectivity index (χ1v) is 9.14. The molecule has 0 bridgehead atoms. The van der Waals surface area contributed by atoms with Crippen LogP contribution in [-0.2, 0) is 6.67 Å². The van der Waals surface area contributed by atoms with Crippen LogP contribution in [-0.4, -0.2) is 33.0 Å². The Bertz CT molecular complexity index is 778. The molecule has 1 saturated carbocycles. The van der Waals surface area contributed by atoms with Crippen LogP contribution in [0.4, 0.5) is 0 Å². The minimum absolute atomic E-state index is 0.00402. The Balaban J connectivity index is 1.63. The molecular formula is C18H20BrN3O2. The van der Waals surface area contributed by atoms with E-state index < -0.39 is 0 Å². The summed E-state index contributed by atoms with van der Waals surface area (Å²) in [5.41, 5.74) is 1.98. The highest BCUT2D eigenvalue weighted by Crippen LogP contribution is 2.34. The predicted octanol–water partition coefficient (Wildman–Crippen LogP) is 3.92. The van der Waals surface area contributed by atoms with Gasteiger partial charge in [-0.2, -0.15) is 0 Å². The maximum absolute atomic E-state index is 12.5. The van der Waals surface area contributed by atoms with Gasteiger partial charge in [-0.3, -0.25) is 4.79 Å². The van der Waals surface area contributed by atoms with Gasteiger partial charge in [-0.05, 0) is 59.0 Å². The van der Waals surface area contributed by atoms with E-state index in [0.29, 0.717) is 29.1 Å². The Morgan fingerprint density at radius 1 is 1.29 bits per heavy atom. The van der Waals surface area contributed by atoms with Crippen LogP contribution in [0.25, 0.3) is 11.3 Å². The fraction of sp³-hybridized carbons (Fsp3) is 0.444. The van der Waals surface area contributed by atoms with Crippen LogP contribution in [0.3, 0.4) is 0 Å². The molecule has 1 aliphatic heterocycles. The molecule has 2 aliphatic rings. The number of hydrogen-bond donors (Lipinski definition) is 0. The molecule has 0 saturated heterocycles. The minimum atomic E-state index is 0.00402. The van der Waals surface area contributed by atoms with Crippen molar-refractivity contribution in [2.24, 2.45) is 5.92 Å². The van der Waals surface area contributed by atoms with E-state index in [2.05, 4.69) is 34.8 Å². The van der Waals surface area contributed by atoms with E-state index in [4.69, 9.17) is 4.74 Å². The molecule has 5 nitrogen and oxygen atoms in total. The molecule has 126 valence electrons. The Kier molecular flexibility index (Phi) is 3.87. The third-order valence-corrected chi connectivity index (χ3v) is 4.81. The molecule has 24 heavy (non-hydrogen) atoms. The van der Waals surface area contributed by atoms with Crippen LogP contribution < -0.4 is 4.74 Å². The van der Waals surface area contributed by atoms with E-state index in [9.17, 15) is 4.79 Å². The summed E-state index contributed by atoms with van der Waals surface area (Å²) in [6.45, 7) is 5.53. The molecule has 1 fully saturated rings. The van der Waals surface area contributed by atoms with Gasteiger partial charge in [0.25, 0.3) is 5.91 Å². The van der Waals surface area contributed by atoms with Crippen LogP contribution in [0.2, 0.25) is 0 Å². The summed E-state index contributed by atoms with van der Waals surface area (Å²) in [6, 6.07) is 8.04. The van der Waals surface area contributed by atoms with Crippen molar-refractivity contribution in [1.29, 1.82) is 0 Å². The topological polar surface area (TPSA) is 47.4 Å². The van der Waals surface area contributed by atoms with Crippen molar-refractivity contribution in [1.82, 2.24) is 14.5 Å². The molecule has 0 unspecified atom stereocenters. The Morgan fingerprint density at radius 3 is 2.62 bits per heavy atom. The van der Waals surface area contributed by atoms with Gasteiger partial charge >= 0.3 is 0 Å². The summed E-state index contributed by atoms with van der Waals surface area (Å²) in [7, 11) is 0. The second-order valence-corrected chi connectivity index (χ2v) is 7.66. The van der Waals surface area contributed by atoms with Gasteiger partial charge < -0.3 is 14.2 Å². The third-order valence-electron chi connectivity index (χ3n) is 4.26. The lowest BCUT2D eigenvalue weighted by Gasteiger charge is -2.18. The number of amides is 1. The summed E-state index contributed by atoms with van der Waals surface area (Å²) in [5, 5.41) is 0.